The third kappa shape index (κ3) is 4.13. The Morgan fingerprint density at radius 1 is 1.00 bits per heavy atom. The van der Waals surface area contributed by atoms with E-state index in [1.165, 1.54) is 4.31 Å². The summed E-state index contributed by atoms with van der Waals surface area (Å²) < 4.78 is 29.1. The van der Waals surface area contributed by atoms with Crippen LogP contribution in [0.15, 0.2) is 47.5 Å². The third-order valence-electron chi connectivity index (χ3n) is 7.30. The summed E-state index contributed by atoms with van der Waals surface area (Å²) in [4.78, 5) is 29.9. The first kappa shape index (κ1) is 22.3. The monoisotopic (exact) mass is 470 g/mol. The van der Waals surface area contributed by atoms with Crippen molar-refractivity contribution in [3.8, 4) is 0 Å². The van der Waals surface area contributed by atoms with Gasteiger partial charge in [-0.1, -0.05) is 21.9 Å². The number of nitrogens with zero attached hydrogens (tertiary/aromatic N) is 4. The smallest absolute Gasteiger partial charge is 0.329 e. The van der Waals surface area contributed by atoms with E-state index in [1.807, 2.05) is 35.1 Å². The van der Waals surface area contributed by atoms with Crippen molar-refractivity contribution in [1.29, 1.82) is 0 Å². The highest BCUT2D eigenvalue weighted by Gasteiger charge is 2.39. The fraction of sp³-hybridized carbons (Fsp3) is 0.500. The molecule has 1 atom stereocenters. The number of piperidine rings is 2. The zero-order valence-corrected chi connectivity index (χ0v) is 19.7. The molecule has 2 amide bonds. The third-order valence-corrected chi connectivity index (χ3v) is 9.21. The van der Waals surface area contributed by atoms with E-state index in [1.54, 1.807) is 28.8 Å². The molecule has 176 valence electrons. The second-order valence-corrected chi connectivity index (χ2v) is 11.3. The van der Waals surface area contributed by atoms with Crippen LogP contribution < -0.4 is 0 Å². The van der Waals surface area contributed by atoms with Crippen LogP contribution in [0, 0.1) is 12.8 Å². The van der Waals surface area contributed by atoms with Gasteiger partial charge in [0.15, 0.2) is 15.3 Å². The van der Waals surface area contributed by atoms with Gasteiger partial charge in [-0.15, -0.1) is 4.31 Å². The molecule has 2 fully saturated rings. The van der Waals surface area contributed by atoms with E-state index in [2.05, 4.69) is 0 Å². The maximum absolute atomic E-state index is 13.1. The fourth-order valence-corrected chi connectivity index (χ4v) is 6.73. The number of carbonyl (C=O) groups is 2. The van der Waals surface area contributed by atoms with Crippen LogP contribution in [-0.2, 0) is 25.9 Å². The molecule has 5 rings (SSSR count). The molecule has 3 aliphatic rings. The summed E-state index contributed by atoms with van der Waals surface area (Å²) in [6, 6.07) is 11.0. The van der Waals surface area contributed by atoms with Gasteiger partial charge in [-0.3, -0.25) is 9.36 Å². The zero-order valence-electron chi connectivity index (χ0n) is 18.9. The average molecular weight is 471 g/mol. The van der Waals surface area contributed by atoms with Crippen molar-refractivity contribution in [2.24, 2.45) is 5.92 Å². The van der Waals surface area contributed by atoms with Crippen LogP contribution in [0.5, 0.6) is 0 Å². The number of fused-ring (bicyclic) bond motifs is 1. The quantitative estimate of drug-likeness (QED) is 0.643. The van der Waals surface area contributed by atoms with Crippen LogP contribution >= 0.6 is 0 Å². The highest BCUT2D eigenvalue weighted by atomic mass is 32.3. The van der Waals surface area contributed by atoms with Gasteiger partial charge in [-0.05, 0) is 56.9 Å². The molecule has 4 heterocycles. The molecule has 3 aliphatic heterocycles. The second-order valence-electron chi connectivity index (χ2n) is 9.33. The van der Waals surface area contributed by atoms with Crippen molar-refractivity contribution in [2.45, 2.75) is 50.1 Å². The molecule has 33 heavy (non-hydrogen) atoms. The van der Waals surface area contributed by atoms with Crippen LogP contribution in [0.3, 0.4) is 0 Å². The second kappa shape index (κ2) is 8.70. The van der Waals surface area contributed by atoms with Gasteiger partial charge in [0, 0.05) is 50.0 Å². The Labute approximate surface area is 195 Å². The Bertz CT molecular complexity index is 1080. The van der Waals surface area contributed by atoms with E-state index in [-0.39, 0.29) is 23.9 Å². The average Bonchev–Trinajstić information content (AvgIpc) is 3.42. The highest BCUT2D eigenvalue weighted by molar-refractivity contribution is 7.95. The number of hydrogen-bond donors (Lipinski definition) is 0. The Kier molecular flexibility index (Phi) is 5.88. The first-order valence-corrected chi connectivity index (χ1v) is 13.1. The standard InChI is InChI=1S/C24H30N4O4S/c1-18-4-6-22(7-5-18)33(31,32)26-15-8-19(9-16-26)23(29)25-13-10-20(11-14-25)28-17-21-3-2-12-27(21)24(28)30/h2-7,12,19-20H,8-11,13-17H2,1H3. The minimum absolute atomic E-state index is 0.0296. The number of rotatable bonds is 4. The summed E-state index contributed by atoms with van der Waals surface area (Å²) in [6.07, 6.45) is 4.46. The van der Waals surface area contributed by atoms with Crippen LogP contribution in [0.2, 0.25) is 0 Å². The molecule has 2 aromatic rings. The van der Waals surface area contributed by atoms with Gasteiger partial charge < -0.3 is 14.4 Å². The molecule has 0 aliphatic carbocycles. The van der Waals surface area contributed by atoms with Gasteiger partial charge in [0.25, 0.3) is 0 Å². The summed E-state index contributed by atoms with van der Waals surface area (Å²) in [6.45, 7) is 4.58. The molecule has 9 heteroatoms. The first-order valence-electron chi connectivity index (χ1n) is 11.7. The van der Waals surface area contributed by atoms with Gasteiger partial charge in [0.05, 0.1) is 6.54 Å². The van der Waals surface area contributed by atoms with E-state index < -0.39 is 10.4 Å². The molecule has 0 spiro atoms. The van der Waals surface area contributed by atoms with Crippen molar-refractivity contribution in [1.82, 2.24) is 18.7 Å². The van der Waals surface area contributed by atoms with Gasteiger partial charge in [-0.2, -0.15) is 0 Å². The Morgan fingerprint density at radius 2 is 1.67 bits per heavy atom. The summed E-state index contributed by atoms with van der Waals surface area (Å²) in [5, 5.41) is 0. The number of carbonyl (C=O) groups excluding carboxylic acids is 2. The molecule has 0 saturated carbocycles. The minimum Gasteiger partial charge on any atom is -0.593 e. The molecule has 1 aromatic carbocycles. The summed E-state index contributed by atoms with van der Waals surface area (Å²) in [7, 11) is -3.52. The molecule has 8 nitrogen and oxygen atoms in total. The van der Waals surface area contributed by atoms with Crippen molar-refractivity contribution in [3.63, 3.8) is 0 Å². The van der Waals surface area contributed by atoms with E-state index in [9.17, 15) is 18.4 Å². The number of sulfonamides is 1. The molecule has 2 saturated heterocycles. The van der Waals surface area contributed by atoms with Crippen LogP contribution in [-0.4, -0.2) is 67.4 Å². The lowest BCUT2D eigenvalue weighted by Crippen LogP contribution is -2.50. The van der Waals surface area contributed by atoms with Crippen LogP contribution in [0.25, 0.3) is 0 Å². The van der Waals surface area contributed by atoms with Crippen LogP contribution in [0.1, 0.15) is 36.9 Å². The van der Waals surface area contributed by atoms with E-state index >= 15 is 0 Å². The first-order chi connectivity index (χ1) is 15.8. The number of likely N-dealkylation sites (tertiary alicyclic amines) is 1. The minimum atomic E-state index is -3.52. The maximum Gasteiger partial charge on any atom is 0.329 e. The van der Waals surface area contributed by atoms with Crippen molar-refractivity contribution in [3.05, 3.63) is 53.9 Å². The normalized spacial score (nSPS) is 22.4. The largest absolute Gasteiger partial charge is 0.593 e. The Morgan fingerprint density at radius 3 is 2.30 bits per heavy atom. The maximum atomic E-state index is 13.1. The topological polar surface area (TPSA) is 88.9 Å². The molecular weight excluding hydrogens is 440 g/mol. The Hall–Kier alpha value is -2.49. The molecular formula is C24H30N4O4S. The number of aromatic nitrogens is 1. The predicted molar refractivity (Wildman–Crippen MR) is 123 cm³/mol. The zero-order chi connectivity index (χ0) is 23.2. The lowest BCUT2D eigenvalue weighted by atomic mass is 9.94. The number of aryl methyl sites for hydroxylation is 1. The van der Waals surface area contributed by atoms with Crippen molar-refractivity contribution >= 4 is 22.3 Å². The summed E-state index contributed by atoms with van der Waals surface area (Å²) in [5.74, 6) is -0.0139. The Balaban J connectivity index is 1.13. The van der Waals surface area contributed by atoms with Gasteiger partial charge >= 0.3 is 6.03 Å². The van der Waals surface area contributed by atoms with Crippen molar-refractivity contribution in [2.75, 3.05) is 26.2 Å². The number of hydrogen-bond acceptors (Lipinski definition) is 4. The SMILES string of the molecule is Cc1ccc([S+](=O)([O-])N2CCC(C(=O)N3CCC(N4Cc5cccn5C4=O)CC3)CC2)cc1. The molecule has 1 unspecified atom stereocenters. The van der Waals surface area contributed by atoms with Gasteiger partial charge in [-0.25, -0.2) is 4.79 Å². The molecule has 0 radical (unpaired) electrons. The van der Waals surface area contributed by atoms with Gasteiger partial charge in [0.1, 0.15) is 0 Å². The van der Waals surface area contributed by atoms with Crippen LogP contribution in [0.4, 0.5) is 4.79 Å². The molecule has 0 bridgehead atoms. The highest BCUT2D eigenvalue weighted by Crippen LogP contribution is 2.30. The van der Waals surface area contributed by atoms with Gasteiger partial charge in [0.2, 0.25) is 5.91 Å². The summed E-state index contributed by atoms with van der Waals surface area (Å²) in [5.41, 5.74) is 2.04. The van der Waals surface area contributed by atoms with E-state index in [0.29, 0.717) is 50.5 Å². The fourth-order valence-electron chi connectivity index (χ4n) is 5.26. The van der Waals surface area contributed by atoms with Crippen molar-refractivity contribution < 1.29 is 18.4 Å². The number of amides is 2. The predicted octanol–water partition coefficient (Wildman–Crippen LogP) is 2.89. The molecule has 1 aromatic heterocycles. The molecule has 0 N–H and O–H groups in total. The van der Waals surface area contributed by atoms with E-state index in [4.69, 9.17) is 0 Å². The lowest BCUT2D eigenvalue weighted by Gasteiger charge is -2.39. The number of benzene rings is 1. The lowest BCUT2D eigenvalue weighted by molar-refractivity contribution is -0.138. The van der Waals surface area contributed by atoms with E-state index in [0.717, 1.165) is 24.1 Å². The summed E-state index contributed by atoms with van der Waals surface area (Å²) >= 11 is 0.